The summed E-state index contributed by atoms with van der Waals surface area (Å²) in [5.41, 5.74) is 2.06. The van der Waals surface area contributed by atoms with Gasteiger partial charge in [0.05, 0.1) is 5.56 Å². The van der Waals surface area contributed by atoms with E-state index in [-0.39, 0.29) is 23.2 Å². The number of methoxy groups -OCH3 is 1. The lowest BCUT2D eigenvalue weighted by Crippen LogP contribution is -2.20. The molecule has 1 fully saturated rings. The van der Waals surface area contributed by atoms with Crippen LogP contribution >= 0.6 is 0 Å². The van der Waals surface area contributed by atoms with Crippen LogP contribution in [0, 0.1) is 5.92 Å². The van der Waals surface area contributed by atoms with Gasteiger partial charge in [-0.1, -0.05) is 43.2 Å². The van der Waals surface area contributed by atoms with E-state index in [2.05, 4.69) is 12.1 Å². The highest BCUT2D eigenvalue weighted by atomic mass is 16.5. The second kappa shape index (κ2) is 8.52. The molecule has 0 bridgehead atoms. The zero-order valence-corrected chi connectivity index (χ0v) is 16.7. The molecule has 28 heavy (non-hydrogen) atoms. The topological polar surface area (TPSA) is 59.7 Å². The van der Waals surface area contributed by atoms with Crippen molar-refractivity contribution in [3.8, 4) is 5.75 Å². The molecule has 1 heterocycles. The van der Waals surface area contributed by atoms with Crippen LogP contribution in [-0.2, 0) is 11.2 Å². The van der Waals surface area contributed by atoms with Gasteiger partial charge in [0.25, 0.3) is 0 Å². The monoisotopic (exact) mass is 382 g/mol. The van der Waals surface area contributed by atoms with Crippen molar-refractivity contribution in [2.45, 2.75) is 63.2 Å². The average molecular weight is 383 g/mol. The first-order valence-corrected chi connectivity index (χ1v) is 10.6. The Labute approximate surface area is 166 Å². The number of hydrogen-bond acceptors (Lipinski definition) is 4. The van der Waals surface area contributed by atoms with E-state index in [1.54, 1.807) is 7.11 Å². The molecule has 1 N–H and O–H groups in total. The maximum atomic E-state index is 13.1. The fourth-order valence-electron chi connectivity index (χ4n) is 4.74. The van der Waals surface area contributed by atoms with E-state index in [1.165, 1.54) is 0 Å². The Kier molecular flexibility index (Phi) is 5.86. The highest BCUT2D eigenvalue weighted by Crippen LogP contribution is 2.49. The largest absolute Gasteiger partial charge is 0.507 e. The van der Waals surface area contributed by atoms with Crippen LogP contribution in [0.1, 0.15) is 79.2 Å². The standard InChI is InChI=1S/C24H30O4/c1-27-15-14-18-10-6-3-7-11-19-22(25)21(24(26)28-23(18)19)20(17-12-13-17)16-8-4-2-5-9-16/h2,4-5,8-9,17-18,20,25H,3,6-7,10-15H2,1H3. The predicted molar refractivity (Wildman–Crippen MR) is 109 cm³/mol. The van der Waals surface area contributed by atoms with Gasteiger partial charge in [-0.05, 0) is 50.0 Å². The molecule has 1 aromatic carbocycles. The zero-order valence-electron chi connectivity index (χ0n) is 16.7. The van der Waals surface area contributed by atoms with Gasteiger partial charge in [0.2, 0.25) is 0 Å². The summed E-state index contributed by atoms with van der Waals surface area (Å²) in [6, 6.07) is 10.1. The smallest absolute Gasteiger partial charge is 0.343 e. The molecule has 0 amide bonds. The average Bonchev–Trinajstić information content (AvgIpc) is 3.52. The Bertz CT molecular complexity index is 851. The van der Waals surface area contributed by atoms with Crippen molar-refractivity contribution in [2.24, 2.45) is 5.92 Å². The van der Waals surface area contributed by atoms with Gasteiger partial charge >= 0.3 is 5.63 Å². The Morgan fingerprint density at radius 3 is 2.64 bits per heavy atom. The van der Waals surface area contributed by atoms with Gasteiger partial charge in [0.15, 0.2) is 0 Å². The Hall–Kier alpha value is -2.07. The molecular weight excluding hydrogens is 352 g/mol. The van der Waals surface area contributed by atoms with Crippen LogP contribution in [0.5, 0.6) is 5.75 Å². The van der Waals surface area contributed by atoms with Gasteiger partial charge in [0, 0.05) is 31.1 Å². The van der Waals surface area contributed by atoms with E-state index in [1.807, 2.05) is 18.2 Å². The zero-order chi connectivity index (χ0) is 19.5. The highest BCUT2D eigenvalue weighted by molar-refractivity contribution is 5.47. The van der Waals surface area contributed by atoms with Gasteiger partial charge in [-0.15, -0.1) is 0 Å². The predicted octanol–water partition coefficient (Wildman–Crippen LogP) is 5.12. The van der Waals surface area contributed by atoms with Gasteiger partial charge in [0.1, 0.15) is 11.5 Å². The molecule has 150 valence electrons. The second-order valence-corrected chi connectivity index (χ2v) is 8.30. The Balaban J connectivity index is 1.81. The normalized spacial score (nSPS) is 20.8. The summed E-state index contributed by atoms with van der Waals surface area (Å²) in [5, 5.41) is 11.3. The van der Waals surface area contributed by atoms with Crippen LogP contribution in [0.2, 0.25) is 0 Å². The lowest BCUT2D eigenvalue weighted by Gasteiger charge is -2.25. The SMILES string of the molecule is COCCC1CCCCCc2c1oc(=O)c(C(c1ccccc1)C1CC1)c2O. The molecule has 4 nitrogen and oxygen atoms in total. The van der Waals surface area contributed by atoms with Crippen molar-refractivity contribution in [1.82, 2.24) is 0 Å². The number of ether oxygens (including phenoxy) is 1. The van der Waals surface area contributed by atoms with Crippen LogP contribution in [0.4, 0.5) is 0 Å². The van der Waals surface area contributed by atoms with E-state index in [0.717, 1.165) is 62.5 Å². The molecule has 0 saturated heterocycles. The van der Waals surface area contributed by atoms with Crippen LogP contribution in [0.3, 0.4) is 0 Å². The van der Waals surface area contributed by atoms with Crippen LogP contribution in [-0.4, -0.2) is 18.8 Å². The van der Waals surface area contributed by atoms with Crippen molar-refractivity contribution in [2.75, 3.05) is 13.7 Å². The number of hydrogen-bond donors (Lipinski definition) is 1. The minimum Gasteiger partial charge on any atom is -0.507 e. The number of aromatic hydroxyl groups is 1. The lowest BCUT2D eigenvalue weighted by atomic mass is 9.83. The van der Waals surface area contributed by atoms with Crippen LogP contribution < -0.4 is 5.63 Å². The van der Waals surface area contributed by atoms with Gasteiger partial charge in [-0.3, -0.25) is 0 Å². The molecule has 1 saturated carbocycles. The van der Waals surface area contributed by atoms with Crippen molar-refractivity contribution in [1.29, 1.82) is 0 Å². The third-order valence-electron chi connectivity index (χ3n) is 6.34. The van der Waals surface area contributed by atoms with Crippen molar-refractivity contribution in [3.05, 3.63) is 63.2 Å². The van der Waals surface area contributed by atoms with Crippen molar-refractivity contribution in [3.63, 3.8) is 0 Å². The molecule has 2 aromatic rings. The maximum absolute atomic E-state index is 13.1. The van der Waals surface area contributed by atoms with Crippen molar-refractivity contribution < 1.29 is 14.3 Å². The lowest BCUT2D eigenvalue weighted by molar-refractivity contribution is 0.180. The molecule has 0 radical (unpaired) electrons. The van der Waals surface area contributed by atoms with E-state index in [4.69, 9.17) is 9.15 Å². The van der Waals surface area contributed by atoms with E-state index < -0.39 is 0 Å². The number of fused-ring (bicyclic) bond motifs is 1. The Morgan fingerprint density at radius 2 is 1.93 bits per heavy atom. The molecule has 4 rings (SSSR count). The summed E-state index contributed by atoms with van der Waals surface area (Å²) in [6.07, 6.45) is 8.02. The maximum Gasteiger partial charge on any atom is 0.343 e. The molecule has 2 aliphatic rings. The van der Waals surface area contributed by atoms with Crippen LogP contribution in [0.15, 0.2) is 39.5 Å². The molecule has 0 spiro atoms. The fraction of sp³-hybridized carbons (Fsp3) is 0.542. The third-order valence-corrected chi connectivity index (χ3v) is 6.34. The minimum atomic E-state index is -0.361. The summed E-state index contributed by atoms with van der Waals surface area (Å²) in [7, 11) is 1.70. The van der Waals surface area contributed by atoms with Crippen LogP contribution in [0.25, 0.3) is 0 Å². The highest BCUT2D eigenvalue weighted by Gasteiger charge is 2.38. The minimum absolute atomic E-state index is 0.0781. The quantitative estimate of drug-likeness (QED) is 0.753. The first-order chi connectivity index (χ1) is 13.7. The molecule has 2 unspecified atom stereocenters. The number of rotatable bonds is 6. The molecule has 2 aliphatic carbocycles. The summed E-state index contributed by atoms with van der Waals surface area (Å²) in [5.74, 6) is 1.36. The molecule has 4 heteroatoms. The Morgan fingerprint density at radius 1 is 1.14 bits per heavy atom. The summed E-state index contributed by atoms with van der Waals surface area (Å²) < 4.78 is 11.2. The van der Waals surface area contributed by atoms with E-state index >= 15 is 0 Å². The molecule has 0 aliphatic heterocycles. The van der Waals surface area contributed by atoms with E-state index in [0.29, 0.717) is 23.8 Å². The van der Waals surface area contributed by atoms with E-state index in [9.17, 15) is 9.90 Å². The second-order valence-electron chi connectivity index (χ2n) is 8.30. The summed E-state index contributed by atoms with van der Waals surface area (Å²) >= 11 is 0. The summed E-state index contributed by atoms with van der Waals surface area (Å²) in [6.45, 7) is 0.630. The van der Waals surface area contributed by atoms with Gasteiger partial charge < -0.3 is 14.3 Å². The molecule has 1 aromatic heterocycles. The first-order valence-electron chi connectivity index (χ1n) is 10.6. The van der Waals surface area contributed by atoms with Gasteiger partial charge in [-0.2, -0.15) is 0 Å². The van der Waals surface area contributed by atoms with Gasteiger partial charge in [-0.25, -0.2) is 4.79 Å². The molecule has 2 atom stereocenters. The first kappa shape index (κ1) is 19.3. The summed E-state index contributed by atoms with van der Waals surface area (Å²) in [4.78, 5) is 13.1. The molecular formula is C24H30O4. The number of benzene rings is 1. The fourth-order valence-corrected chi connectivity index (χ4v) is 4.74. The third kappa shape index (κ3) is 3.88. The van der Waals surface area contributed by atoms with Crippen molar-refractivity contribution >= 4 is 0 Å².